The van der Waals surface area contributed by atoms with Crippen LogP contribution in [0.15, 0.2) is 22.7 Å². The Balaban J connectivity index is 1.98. The summed E-state index contributed by atoms with van der Waals surface area (Å²) in [6.45, 7) is 1.33. The van der Waals surface area contributed by atoms with Gasteiger partial charge in [0.05, 0.1) is 16.0 Å². The van der Waals surface area contributed by atoms with Gasteiger partial charge in [0.25, 0.3) is 5.69 Å². The lowest BCUT2D eigenvalue weighted by Crippen LogP contribution is -2.23. The number of nitro groups is 1. The first-order valence-corrected chi connectivity index (χ1v) is 7.18. The smallest absolute Gasteiger partial charge is 0.270 e. The summed E-state index contributed by atoms with van der Waals surface area (Å²) < 4.78 is 6.38. The van der Waals surface area contributed by atoms with Crippen LogP contribution in [0.2, 0.25) is 0 Å². The van der Waals surface area contributed by atoms with Crippen LogP contribution in [0.25, 0.3) is 0 Å². The van der Waals surface area contributed by atoms with Crippen molar-refractivity contribution in [1.29, 1.82) is 0 Å². The van der Waals surface area contributed by atoms with Crippen LogP contribution in [0.1, 0.15) is 19.3 Å². The van der Waals surface area contributed by atoms with Gasteiger partial charge in [-0.05, 0) is 53.2 Å². The van der Waals surface area contributed by atoms with E-state index in [2.05, 4.69) is 15.9 Å². The van der Waals surface area contributed by atoms with Crippen LogP contribution >= 0.6 is 15.9 Å². The molecule has 104 valence electrons. The molecule has 2 rings (SSSR count). The highest BCUT2D eigenvalue weighted by molar-refractivity contribution is 9.10. The van der Waals surface area contributed by atoms with E-state index in [1.165, 1.54) is 25.0 Å². The minimum Gasteiger partial charge on any atom is -0.492 e. The van der Waals surface area contributed by atoms with Crippen molar-refractivity contribution in [2.75, 3.05) is 13.2 Å². The molecule has 2 unspecified atom stereocenters. The molecule has 19 heavy (non-hydrogen) atoms. The van der Waals surface area contributed by atoms with Crippen LogP contribution in [-0.2, 0) is 0 Å². The summed E-state index contributed by atoms with van der Waals surface area (Å²) in [4.78, 5) is 10.2. The number of nitrogens with two attached hydrogens (primary N) is 1. The fraction of sp³-hybridized carbons (Fsp3) is 0.538. The number of non-ortho nitro benzene ring substituents is 1. The Morgan fingerprint density at radius 2 is 2.16 bits per heavy atom. The van der Waals surface area contributed by atoms with Gasteiger partial charge in [-0.1, -0.05) is 6.42 Å². The number of hydrogen-bond acceptors (Lipinski definition) is 4. The quantitative estimate of drug-likeness (QED) is 0.665. The Bertz CT molecular complexity index is 467. The molecular weight excluding hydrogens is 312 g/mol. The molecule has 1 aliphatic rings. The molecule has 6 heteroatoms. The minimum absolute atomic E-state index is 0.0555. The average Bonchev–Trinajstić information content (AvgIpc) is 2.84. The van der Waals surface area contributed by atoms with E-state index in [0.29, 0.717) is 35.2 Å². The first kappa shape index (κ1) is 14.3. The molecule has 5 nitrogen and oxygen atoms in total. The third kappa shape index (κ3) is 3.45. The summed E-state index contributed by atoms with van der Waals surface area (Å²) in [7, 11) is 0. The third-order valence-corrected chi connectivity index (χ3v) is 4.32. The summed E-state index contributed by atoms with van der Waals surface area (Å²) >= 11 is 3.30. The molecule has 0 heterocycles. The maximum Gasteiger partial charge on any atom is 0.270 e. The molecule has 0 bridgehead atoms. The lowest BCUT2D eigenvalue weighted by atomic mass is 9.97. The molecular formula is C13H17BrN2O3. The van der Waals surface area contributed by atoms with Crippen molar-refractivity contribution in [1.82, 2.24) is 0 Å². The van der Waals surface area contributed by atoms with Crippen molar-refractivity contribution in [2.24, 2.45) is 17.6 Å². The van der Waals surface area contributed by atoms with Crippen molar-refractivity contribution in [2.45, 2.75) is 19.3 Å². The molecule has 1 fully saturated rings. The molecule has 0 aliphatic heterocycles. The van der Waals surface area contributed by atoms with Gasteiger partial charge in [-0.25, -0.2) is 0 Å². The van der Waals surface area contributed by atoms with Gasteiger partial charge in [0, 0.05) is 12.1 Å². The van der Waals surface area contributed by atoms with Gasteiger partial charge in [-0.2, -0.15) is 0 Å². The van der Waals surface area contributed by atoms with Crippen molar-refractivity contribution in [3.8, 4) is 5.75 Å². The monoisotopic (exact) mass is 328 g/mol. The SMILES string of the molecule is NCC1CCCC1COc1ccc([N+](=O)[O-])cc1Br. The van der Waals surface area contributed by atoms with E-state index < -0.39 is 4.92 Å². The highest BCUT2D eigenvalue weighted by atomic mass is 79.9. The number of nitro benzene ring substituents is 1. The minimum atomic E-state index is -0.421. The van der Waals surface area contributed by atoms with Gasteiger partial charge < -0.3 is 10.5 Å². The van der Waals surface area contributed by atoms with Gasteiger partial charge in [-0.3, -0.25) is 10.1 Å². The van der Waals surface area contributed by atoms with E-state index in [4.69, 9.17) is 10.5 Å². The van der Waals surface area contributed by atoms with Crippen LogP contribution in [0.5, 0.6) is 5.75 Å². The maximum absolute atomic E-state index is 10.6. The summed E-state index contributed by atoms with van der Waals surface area (Å²) in [6, 6.07) is 4.55. The first-order valence-electron chi connectivity index (χ1n) is 6.38. The molecule has 2 atom stereocenters. The maximum atomic E-state index is 10.6. The van der Waals surface area contributed by atoms with Crippen LogP contribution in [-0.4, -0.2) is 18.1 Å². The second-order valence-electron chi connectivity index (χ2n) is 4.87. The molecule has 1 aliphatic carbocycles. The second kappa shape index (κ2) is 6.34. The van der Waals surface area contributed by atoms with Gasteiger partial charge in [-0.15, -0.1) is 0 Å². The van der Waals surface area contributed by atoms with Crippen LogP contribution in [0.3, 0.4) is 0 Å². The van der Waals surface area contributed by atoms with E-state index in [9.17, 15) is 10.1 Å². The number of nitrogens with zero attached hydrogens (tertiary/aromatic N) is 1. The van der Waals surface area contributed by atoms with Crippen molar-refractivity contribution >= 4 is 21.6 Å². The van der Waals surface area contributed by atoms with E-state index in [0.717, 1.165) is 6.42 Å². The van der Waals surface area contributed by atoms with E-state index in [1.807, 2.05) is 0 Å². The molecule has 1 aromatic rings. The van der Waals surface area contributed by atoms with Crippen LogP contribution in [0, 0.1) is 22.0 Å². The molecule has 0 spiro atoms. The van der Waals surface area contributed by atoms with Crippen molar-refractivity contribution in [3.05, 3.63) is 32.8 Å². The fourth-order valence-electron chi connectivity index (χ4n) is 2.56. The zero-order valence-electron chi connectivity index (χ0n) is 10.5. The Hall–Kier alpha value is -1.14. The van der Waals surface area contributed by atoms with Gasteiger partial charge in [0.15, 0.2) is 0 Å². The third-order valence-electron chi connectivity index (χ3n) is 3.70. The van der Waals surface area contributed by atoms with Gasteiger partial charge in [0.1, 0.15) is 5.75 Å². The zero-order valence-corrected chi connectivity index (χ0v) is 12.1. The van der Waals surface area contributed by atoms with Gasteiger partial charge in [0.2, 0.25) is 0 Å². The predicted molar refractivity (Wildman–Crippen MR) is 76.2 cm³/mol. The highest BCUT2D eigenvalue weighted by Crippen LogP contribution is 2.33. The number of rotatable bonds is 5. The molecule has 0 aromatic heterocycles. The largest absolute Gasteiger partial charge is 0.492 e. The molecule has 0 saturated heterocycles. The summed E-state index contributed by atoms with van der Waals surface area (Å²) in [5.74, 6) is 1.68. The number of hydrogen-bond donors (Lipinski definition) is 1. The highest BCUT2D eigenvalue weighted by Gasteiger charge is 2.26. The first-order chi connectivity index (χ1) is 9.11. The standard InChI is InChI=1S/C13H17BrN2O3/c14-12-6-11(16(17)18)4-5-13(12)19-8-10-3-1-2-9(10)7-15/h4-6,9-10H,1-3,7-8,15H2. The van der Waals surface area contributed by atoms with Gasteiger partial charge >= 0.3 is 0 Å². The Kier molecular flexibility index (Phi) is 4.76. The second-order valence-corrected chi connectivity index (χ2v) is 5.72. The van der Waals surface area contributed by atoms with E-state index in [1.54, 1.807) is 6.07 Å². The van der Waals surface area contributed by atoms with E-state index >= 15 is 0 Å². The Morgan fingerprint density at radius 3 is 2.79 bits per heavy atom. The number of benzene rings is 1. The lowest BCUT2D eigenvalue weighted by Gasteiger charge is -2.18. The summed E-state index contributed by atoms with van der Waals surface area (Å²) in [6.07, 6.45) is 3.52. The Morgan fingerprint density at radius 1 is 1.42 bits per heavy atom. The molecule has 1 saturated carbocycles. The molecule has 0 radical (unpaired) electrons. The summed E-state index contributed by atoms with van der Waals surface area (Å²) in [5, 5.41) is 10.6. The van der Waals surface area contributed by atoms with Crippen LogP contribution < -0.4 is 10.5 Å². The lowest BCUT2D eigenvalue weighted by molar-refractivity contribution is -0.385. The fourth-order valence-corrected chi connectivity index (χ4v) is 3.04. The topological polar surface area (TPSA) is 78.4 Å². The molecule has 1 aromatic carbocycles. The predicted octanol–water partition coefficient (Wildman–Crippen LogP) is 3.11. The number of halogens is 1. The van der Waals surface area contributed by atoms with Crippen molar-refractivity contribution in [3.63, 3.8) is 0 Å². The Labute approximate surface area is 120 Å². The van der Waals surface area contributed by atoms with Crippen molar-refractivity contribution < 1.29 is 9.66 Å². The zero-order chi connectivity index (χ0) is 13.8. The summed E-state index contributed by atoms with van der Waals surface area (Å²) in [5.41, 5.74) is 5.79. The normalized spacial score (nSPS) is 22.4. The molecule has 2 N–H and O–H groups in total. The number of ether oxygens (including phenoxy) is 1. The van der Waals surface area contributed by atoms with Crippen LogP contribution in [0.4, 0.5) is 5.69 Å². The molecule has 0 amide bonds. The average molecular weight is 329 g/mol. The van der Waals surface area contributed by atoms with E-state index in [-0.39, 0.29) is 5.69 Å².